The summed E-state index contributed by atoms with van der Waals surface area (Å²) in [5.74, 6) is -2.33. The summed E-state index contributed by atoms with van der Waals surface area (Å²) < 4.78 is 4.37. The highest BCUT2D eigenvalue weighted by molar-refractivity contribution is 5.93. The molecule has 0 saturated heterocycles. The molecular weight excluding hydrogens is 188 g/mol. The lowest BCUT2D eigenvalue weighted by Crippen LogP contribution is -2.13. The van der Waals surface area contributed by atoms with Crippen molar-refractivity contribution in [3.8, 4) is 5.75 Å². The summed E-state index contributed by atoms with van der Waals surface area (Å²) in [6.07, 6.45) is 0. The van der Waals surface area contributed by atoms with Crippen LogP contribution in [0.2, 0.25) is 0 Å². The zero-order chi connectivity index (χ0) is 10.6. The summed E-state index contributed by atoms with van der Waals surface area (Å²) in [6.45, 7) is -0.715. The fraction of sp³-hybridized carbons (Fsp3) is 0.111. The Labute approximate surface area is 79.6 Å². The third kappa shape index (κ3) is 2.48. The molecule has 0 saturated carbocycles. The highest BCUT2D eigenvalue weighted by Gasteiger charge is 2.12. The SMILES string of the molecule is O=C(O)COC(=O)c1ccccc1O. The van der Waals surface area contributed by atoms with E-state index in [1.165, 1.54) is 18.2 Å². The molecule has 5 heteroatoms. The number of phenolic OH excluding ortho intramolecular Hbond substituents is 1. The first-order chi connectivity index (χ1) is 6.61. The van der Waals surface area contributed by atoms with Crippen LogP contribution in [-0.2, 0) is 9.53 Å². The van der Waals surface area contributed by atoms with Crippen LogP contribution in [0.4, 0.5) is 0 Å². The summed E-state index contributed by atoms with van der Waals surface area (Å²) in [4.78, 5) is 21.2. The molecule has 1 aromatic carbocycles. The number of carboxylic acids is 1. The van der Waals surface area contributed by atoms with Crippen LogP contribution >= 0.6 is 0 Å². The number of aliphatic carboxylic acids is 1. The monoisotopic (exact) mass is 196 g/mol. The summed E-state index contributed by atoms with van der Waals surface area (Å²) in [7, 11) is 0. The van der Waals surface area contributed by atoms with Gasteiger partial charge in [-0.1, -0.05) is 12.1 Å². The van der Waals surface area contributed by atoms with Gasteiger partial charge in [-0.15, -0.1) is 0 Å². The van der Waals surface area contributed by atoms with E-state index in [4.69, 9.17) is 5.11 Å². The number of carboxylic acid groups (broad SMARTS) is 1. The number of ether oxygens (including phenoxy) is 1. The van der Waals surface area contributed by atoms with E-state index in [0.29, 0.717) is 0 Å². The number of carbonyl (C=O) groups is 2. The molecule has 1 rings (SSSR count). The molecular formula is C9H8O5. The lowest BCUT2D eigenvalue weighted by molar-refractivity contribution is -0.140. The smallest absolute Gasteiger partial charge is 0.342 e. The second-order valence-corrected chi connectivity index (χ2v) is 2.49. The van der Waals surface area contributed by atoms with Crippen molar-refractivity contribution in [3.63, 3.8) is 0 Å². The van der Waals surface area contributed by atoms with Crippen molar-refractivity contribution >= 4 is 11.9 Å². The minimum atomic E-state index is -1.24. The predicted octanol–water partition coefficient (Wildman–Crippen LogP) is 0.634. The van der Waals surface area contributed by atoms with Gasteiger partial charge in [0.2, 0.25) is 0 Å². The van der Waals surface area contributed by atoms with Crippen LogP contribution in [0.5, 0.6) is 5.75 Å². The lowest BCUT2D eigenvalue weighted by atomic mass is 10.2. The number of benzene rings is 1. The van der Waals surface area contributed by atoms with Gasteiger partial charge in [-0.2, -0.15) is 0 Å². The Morgan fingerprint density at radius 1 is 1.29 bits per heavy atom. The molecule has 0 atom stereocenters. The van der Waals surface area contributed by atoms with E-state index in [-0.39, 0.29) is 11.3 Å². The highest BCUT2D eigenvalue weighted by Crippen LogP contribution is 2.16. The fourth-order valence-corrected chi connectivity index (χ4v) is 0.851. The van der Waals surface area contributed by atoms with Gasteiger partial charge in [-0.05, 0) is 12.1 Å². The van der Waals surface area contributed by atoms with Crippen molar-refractivity contribution in [2.45, 2.75) is 0 Å². The topological polar surface area (TPSA) is 83.8 Å². The molecule has 0 bridgehead atoms. The summed E-state index contributed by atoms with van der Waals surface area (Å²) in [6, 6.07) is 5.75. The molecule has 2 N–H and O–H groups in total. The fourth-order valence-electron chi connectivity index (χ4n) is 0.851. The quantitative estimate of drug-likeness (QED) is 0.693. The maximum Gasteiger partial charge on any atom is 0.342 e. The average Bonchev–Trinajstić information content (AvgIpc) is 2.15. The molecule has 74 valence electrons. The summed E-state index contributed by atoms with van der Waals surface area (Å²) in [5.41, 5.74) is -0.0475. The molecule has 0 aliphatic carbocycles. The molecule has 0 aliphatic heterocycles. The maximum atomic E-state index is 11.1. The van der Waals surface area contributed by atoms with Gasteiger partial charge in [0.25, 0.3) is 0 Å². The Hall–Kier alpha value is -2.04. The van der Waals surface area contributed by atoms with Crippen molar-refractivity contribution in [1.29, 1.82) is 0 Å². The van der Waals surface area contributed by atoms with Crippen LogP contribution in [0.1, 0.15) is 10.4 Å². The van der Waals surface area contributed by atoms with Gasteiger partial charge in [0, 0.05) is 0 Å². The molecule has 0 fully saturated rings. The van der Waals surface area contributed by atoms with Crippen molar-refractivity contribution in [3.05, 3.63) is 29.8 Å². The van der Waals surface area contributed by atoms with Crippen LogP contribution in [-0.4, -0.2) is 28.8 Å². The number of aromatic hydroxyl groups is 1. The van der Waals surface area contributed by atoms with Gasteiger partial charge in [0.05, 0.1) is 0 Å². The van der Waals surface area contributed by atoms with Gasteiger partial charge in [-0.25, -0.2) is 9.59 Å². The standard InChI is InChI=1S/C9H8O5/c10-7-4-2-1-3-6(7)9(13)14-5-8(11)12/h1-4,10H,5H2,(H,11,12). The van der Waals surface area contributed by atoms with Gasteiger partial charge in [0.1, 0.15) is 11.3 Å². The zero-order valence-corrected chi connectivity index (χ0v) is 7.14. The van der Waals surface area contributed by atoms with Gasteiger partial charge in [0.15, 0.2) is 6.61 Å². The van der Waals surface area contributed by atoms with Crippen molar-refractivity contribution in [2.75, 3.05) is 6.61 Å². The lowest BCUT2D eigenvalue weighted by Gasteiger charge is -2.02. The van der Waals surface area contributed by atoms with Gasteiger partial charge < -0.3 is 14.9 Å². The van der Waals surface area contributed by atoms with Crippen LogP contribution in [0.25, 0.3) is 0 Å². The van der Waals surface area contributed by atoms with Gasteiger partial charge >= 0.3 is 11.9 Å². The molecule has 0 radical (unpaired) electrons. The third-order valence-corrected chi connectivity index (χ3v) is 1.45. The molecule has 0 aliphatic rings. The first kappa shape index (κ1) is 10.0. The molecule has 0 heterocycles. The number of phenols is 1. The summed E-state index contributed by atoms with van der Waals surface area (Å²) in [5, 5.41) is 17.4. The predicted molar refractivity (Wildman–Crippen MR) is 46.0 cm³/mol. The van der Waals surface area contributed by atoms with E-state index in [9.17, 15) is 14.7 Å². The first-order valence-electron chi connectivity index (χ1n) is 3.78. The van der Waals surface area contributed by atoms with Crippen molar-refractivity contribution < 1.29 is 24.5 Å². The summed E-state index contributed by atoms with van der Waals surface area (Å²) >= 11 is 0. The average molecular weight is 196 g/mol. The number of esters is 1. The molecule has 0 amide bonds. The van der Waals surface area contributed by atoms with E-state index < -0.39 is 18.5 Å². The molecule has 5 nitrogen and oxygen atoms in total. The Morgan fingerprint density at radius 3 is 2.50 bits per heavy atom. The maximum absolute atomic E-state index is 11.1. The van der Waals surface area contributed by atoms with E-state index >= 15 is 0 Å². The van der Waals surface area contributed by atoms with E-state index in [1.54, 1.807) is 6.07 Å². The Morgan fingerprint density at radius 2 is 1.93 bits per heavy atom. The van der Waals surface area contributed by atoms with Gasteiger partial charge in [-0.3, -0.25) is 0 Å². The number of carbonyl (C=O) groups excluding carboxylic acids is 1. The molecule has 1 aromatic rings. The third-order valence-electron chi connectivity index (χ3n) is 1.45. The second kappa shape index (κ2) is 4.27. The van der Waals surface area contributed by atoms with Crippen LogP contribution in [0.3, 0.4) is 0 Å². The second-order valence-electron chi connectivity index (χ2n) is 2.49. The van der Waals surface area contributed by atoms with Crippen molar-refractivity contribution in [2.24, 2.45) is 0 Å². The zero-order valence-electron chi connectivity index (χ0n) is 7.14. The number of hydrogen-bond acceptors (Lipinski definition) is 4. The highest BCUT2D eigenvalue weighted by atomic mass is 16.5. The molecule has 14 heavy (non-hydrogen) atoms. The van der Waals surface area contributed by atoms with Crippen LogP contribution < -0.4 is 0 Å². The molecule has 0 spiro atoms. The molecule has 0 unspecified atom stereocenters. The van der Waals surface area contributed by atoms with E-state index in [0.717, 1.165) is 0 Å². The Kier molecular flexibility index (Phi) is 3.06. The largest absolute Gasteiger partial charge is 0.507 e. The van der Waals surface area contributed by atoms with Crippen LogP contribution in [0.15, 0.2) is 24.3 Å². The Bertz CT molecular complexity index is 358. The number of rotatable bonds is 3. The van der Waals surface area contributed by atoms with Crippen LogP contribution in [0, 0.1) is 0 Å². The Balaban J connectivity index is 2.70. The normalized spacial score (nSPS) is 9.43. The van der Waals surface area contributed by atoms with E-state index in [1.807, 2.05) is 0 Å². The van der Waals surface area contributed by atoms with E-state index in [2.05, 4.69) is 4.74 Å². The molecule has 0 aromatic heterocycles. The number of hydrogen-bond donors (Lipinski definition) is 2. The minimum absolute atomic E-state index is 0.0475. The number of para-hydroxylation sites is 1. The first-order valence-corrected chi connectivity index (χ1v) is 3.78. The van der Waals surface area contributed by atoms with Crippen molar-refractivity contribution in [1.82, 2.24) is 0 Å². The minimum Gasteiger partial charge on any atom is -0.507 e.